The van der Waals surface area contributed by atoms with Gasteiger partial charge in [0, 0.05) is 21.2 Å². The zero-order valence-electron chi connectivity index (χ0n) is 14.4. The van der Waals surface area contributed by atoms with Crippen molar-refractivity contribution in [1.82, 2.24) is 0 Å². The van der Waals surface area contributed by atoms with E-state index in [1.54, 1.807) is 60.7 Å². The van der Waals surface area contributed by atoms with E-state index in [-0.39, 0.29) is 11.3 Å². The summed E-state index contributed by atoms with van der Waals surface area (Å²) in [6.45, 7) is 0. The van der Waals surface area contributed by atoms with E-state index in [0.29, 0.717) is 31.9 Å². The van der Waals surface area contributed by atoms with Gasteiger partial charge in [0.25, 0.3) is 0 Å². The molecule has 0 saturated heterocycles. The molecule has 0 heterocycles. The van der Waals surface area contributed by atoms with Crippen molar-refractivity contribution in [1.29, 1.82) is 0 Å². The Hall–Kier alpha value is -2.59. The van der Waals surface area contributed by atoms with Crippen LogP contribution in [0.25, 0.3) is 6.08 Å². The molecular weight excluding hydrogens is 419 g/mol. The zero-order chi connectivity index (χ0) is 20.1. The summed E-state index contributed by atoms with van der Waals surface area (Å²) in [5.74, 6) is -0.502. The minimum atomic E-state index is -0.571. The Labute approximate surface area is 177 Å². The van der Waals surface area contributed by atoms with Gasteiger partial charge in [-0.25, -0.2) is 4.79 Å². The number of hydrogen-bond donors (Lipinski definition) is 0. The van der Waals surface area contributed by atoms with Gasteiger partial charge < -0.3 is 4.74 Å². The van der Waals surface area contributed by atoms with Crippen molar-refractivity contribution in [3.63, 3.8) is 0 Å². The van der Waals surface area contributed by atoms with Gasteiger partial charge in [0.05, 0.1) is 10.6 Å². The van der Waals surface area contributed by atoms with E-state index in [2.05, 4.69) is 0 Å². The Bertz CT molecular complexity index is 1040. The summed E-state index contributed by atoms with van der Waals surface area (Å²) in [5, 5.41) is 1.22. The number of ketones is 1. The lowest BCUT2D eigenvalue weighted by Crippen LogP contribution is -2.09. The van der Waals surface area contributed by atoms with Crippen molar-refractivity contribution in [3.05, 3.63) is 105 Å². The third-order valence-corrected chi connectivity index (χ3v) is 4.83. The Morgan fingerprint density at radius 2 is 1.36 bits per heavy atom. The van der Waals surface area contributed by atoms with Crippen molar-refractivity contribution in [2.24, 2.45) is 0 Å². The van der Waals surface area contributed by atoms with E-state index >= 15 is 0 Å². The molecule has 0 saturated carbocycles. The highest BCUT2D eigenvalue weighted by atomic mass is 35.5. The minimum absolute atomic E-state index is 0.236. The summed E-state index contributed by atoms with van der Waals surface area (Å²) >= 11 is 18.2. The second-order valence-corrected chi connectivity index (χ2v) is 6.95. The lowest BCUT2D eigenvalue weighted by Gasteiger charge is -2.06. The fraction of sp³-hybridized carbons (Fsp3) is 0. The Morgan fingerprint density at radius 1 is 0.750 bits per heavy atom. The number of benzene rings is 3. The number of carbonyl (C=O) groups excluding carboxylic acids is 2. The molecule has 6 heteroatoms. The van der Waals surface area contributed by atoms with Crippen molar-refractivity contribution < 1.29 is 14.3 Å². The molecule has 0 aliphatic heterocycles. The van der Waals surface area contributed by atoms with Gasteiger partial charge in [-0.1, -0.05) is 53.0 Å². The summed E-state index contributed by atoms with van der Waals surface area (Å²) in [6, 6.07) is 17.9. The van der Waals surface area contributed by atoms with Crippen molar-refractivity contribution >= 4 is 52.6 Å². The van der Waals surface area contributed by atoms with Gasteiger partial charge in [-0.2, -0.15) is 0 Å². The maximum absolute atomic E-state index is 12.3. The molecule has 3 nitrogen and oxygen atoms in total. The van der Waals surface area contributed by atoms with E-state index in [1.165, 1.54) is 18.2 Å². The summed E-state index contributed by atoms with van der Waals surface area (Å²) in [5.41, 5.74) is 1.27. The number of carbonyl (C=O) groups is 2. The first-order chi connectivity index (χ1) is 13.5. The molecule has 0 unspecified atom stereocenters. The molecular formula is C22H13Cl3O3. The van der Waals surface area contributed by atoms with Crippen LogP contribution >= 0.6 is 34.8 Å². The van der Waals surface area contributed by atoms with Crippen LogP contribution in [0.1, 0.15) is 26.3 Å². The zero-order valence-corrected chi connectivity index (χ0v) is 16.6. The third kappa shape index (κ3) is 4.82. The number of hydrogen-bond acceptors (Lipinski definition) is 3. The van der Waals surface area contributed by atoms with Gasteiger partial charge in [-0.05, 0) is 60.7 Å². The Morgan fingerprint density at radius 3 is 2.00 bits per heavy atom. The molecule has 0 aliphatic rings. The topological polar surface area (TPSA) is 43.4 Å². The lowest BCUT2D eigenvalue weighted by molar-refractivity contribution is 0.0735. The fourth-order valence-electron chi connectivity index (χ4n) is 2.40. The van der Waals surface area contributed by atoms with Crippen LogP contribution in [-0.4, -0.2) is 11.8 Å². The van der Waals surface area contributed by atoms with E-state index in [0.717, 1.165) is 0 Å². The van der Waals surface area contributed by atoms with Gasteiger partial charge >= 0.3 is 5.97 Å². The van der Waals surface area contributed by atoms with Crippen LogP contribution in [-0.2, 0) is 0 Å². The smallest absolute Gasteiger partial charge is 0.345 e. The highest BCUT2D eigenvalue weighted by molar-refractivity contribution is 6.37. The molecule has 0 amide bonds. The van der Waals surface area contributed by atoms with Crippen molar-refractivity contribution in [2.45, 2.75) is 0 Å². The van der Waals surface area contributed by atoms with Crippen molar-refractivity contribution in [2.75, 3.05) is 0 Å². The van der Waals surface area contributed by atoms with E-state index < -0.39 is 5.97 Å². The van der Waals surface area contributed by atoms with Crippen LogP contribution in [0.15, 0.2) is 72.8 Å². The van der Waals surface area contributed by atoms with Gasteiger partial charge in [-0.15, -0.1) is 0 Å². The molecule has 0 aromatic heterocycles. The van der Waals surface area contributed by atoms with Gasteiger partial charge in [0.1, 0.15) is 5.75 Å². The summed E-state index contributed by atoms with van der Waals surface area (Å²) in [6.07, 6.45) is 2.95. The normalized spacial score (nSPS) is 10.8. The molecule has 0 bridgehead atoms. The predicted molar refractivity (Wildman–Crippen MR) is 113 cm³/mol. The Kier molecular flexibility index (Phi) is 6.53. The SMILES string of the molecule is O=C(C=Cc1c(Cl)cccc1Cl)c1ccc(OC(=O)c2ccccc2Cl)cc1. The van der Waals surface area contributed by atoms with Crippen LogP contribution < -0.4 is 4.74 Å². The summed E-state index contributed by atoms with van der Waals surface area (Å²) in [4.78, 5) is 24.5. The molecule has 0 atom stereocenters. The fourth-order valence-corrected chi connectivity index (χ4v) is 3.14. The van der Waals surface area contributed by atoms with Crippen LogP contribution in [0.2, 0.25) is 15.1 Å². The van der Waals surface area contributed by atoms with E-state index in [9.17, 15) is 9.59 Å². The molecule has 0 radical (unpaired) electrons. The number of ether oxygens (including phenoxy) is 1. The largest absolute Gasteiger partial charge is 0.423 e. The lowest BCUT2D eigenvalue weighted by atomic mass is 10.1. The Balaban J connectivity index is 1.70. The standard InChI is InChI=1S/C22H13Cl3O3/c23-18-6-3-7-19(24)16(18)12-13-21(26)14-8-10-15(11-9-14)28-22(27)17-4-1-2-5-20(17)25/h1-13H. The second-order valence-electron chi connectivity index (χ2n) is 5.73. The van der Waals surface area contributed by atoms with Gasteiger partial charge in [0.2, 0.25) is 0 Å². The molecule has 0 aliphatic carbocycles. The molecule has 3 aromatic rings. The van der Waals surface area contributed by atoms with Crippen LogP contribution in [0.4, 0.5) is 0 Å². The van der Waals surface area contributed by atoms with Gasteiger partial charge in [0.15, 0.2) is 5.78 Å². The average Bonchev–Trinajstić information content (AvgIpc) is 2.68. The highest BCUT2D eigenvalue weighted by Gasteiger charge is 2.12. The van der Waals surface area contributed by atoms with Crippen molar-refractivity contribution in [3.8, 4) is 5.75 Å². The first-order valence-electron chi connectivity index (χ1n) is 8.19. The first-order valence-corrected chi connectivity index (χ1v) is 9.32. The third-order valence-electron chi connectivity index (χ3n) is 3.84. The molecule has 28 heavy (non-hydrogen) atoms. The van der Waals surface area contributed by atoms with E-state index in [1.807, 2.05) is 0 Å². The first kappa shape index (κ1) is 20.2. The number of halogens is 3. The average molecular weight is 432 g/mol. The van der Waals surface area contributed by atoms with Gasteiger partial charge in [-0.3, -0.25) is 4.79 Å². The summed E-state index contributed by atoms with van der Waals surface area (Å²) < 4.78 is 5.29. The summed E-state index contributed by atoms with van der Waals surface area (Å²) in [7, 11) is 0. The minimum Gasteiger partial charge on any atom is -0.423 e. The molecule has 3 rings (SSSR count). The van der Waals surface area contributed by atoms with Crippen LogP contribution in [0.5, 0.6) is 5.75 Å². The molecule has 0 fully saturated rings. The maximum atomic E-state index is 12.3. The van der Waals surface area contributed by atoms with Crippen LogP contribution in [0, 0.1) is 0 Å². The molecule has 140 valence electrons. The number of esters is 1. The number of rotatable bonds is 5. The predicted octanol–water partition coefficient (Wildman–Crippen LogP) is 6.76. The second kappa shape index (κ2) is 9.07. The molecule has 0 spiro atoms. The quantitative estimate of drug-likeness (QED) is 0.194. The number of allylic oxidation sites excluding steroid dienone is 1. The molecule has 3 aromatic carbocycles. The highest BCUT2D eigenvalue weighted by Crippen LogP contribution is 2.26. The van der Waals surface area contributed by atoms with E-state index in [4.69, 9.17) is 39.5 Å². The monoisotopic (exact) mass is 430 g/mol. The maximum Gasteiger partial charge on any atom is 0.345 e. The van der Waals surface area contributed by atoms with Crippen LogP contribution in [0.3, 0.4) is 0 Å². The molecule has 0 N–H and O–H groups in total.